The topological polar surface area (TPSA) is 85.2 Å². The van der Waals surface area contributed by atoms with Gasteiger partial charge in [0.1, 0.15) is 0 Å². The van der Waals surface area contributed by atoms with E-state index < -0.39 is 15.7 Å². The molecular formula is H2Cl2F2O6P2. The molecule has 0 spiro atoms. The Hall–Kier alpha value is 0.900. The zero-order chi connectivity index (χ0) is 10.1. The third-order valence-electron chi connectivity index (χ3n) is 0.404. The third kappa shape index (κ3) is 5.53. The van der Waals surface area contributed by atoms with Crippen molar-refractivity contribution in [1.82, 2.24) is 0 Å². The van der Waals surface area contributed by atoms with Crippen LogP contribution in [-0.2, 0) is 17.0 Å². The molecule has 0 radical (unpaired) electrons. The van der Waals surface area contributed by atoms with Crippen molar-refractivity contribution in [1.29, 1.82) is 0 Å². The first-order chi connectivity index (χ1) is 5.08. The molecule has 0 aliphatic rings. The Balaban J connectivity index is 4.55. The molecule has 0 aliphatic heterocycles. The second-order valence-corrected chi connectivity index (χ2v) is 5.59. The Kier molecular flexibility index (Phi) is 3.84. The van der Waals surface area contributed by atoms with Gasteiger partial charge >= 0.3 is 74.7 Å². The molecule has 76 valence electrons. The summed E-state index contributed by atoms with van der Waals surface area (Å²) in [5.74, 6) is 0. The Bertz CT molecular complexity index is 192. The number of halogens is 4. The van der Waals surface area contributed by atoms with Gasteiger partial charge in [-0.1, -0.05) is 0 Å². The van der Waals surface area contributed by atoms with Gasteiger partial charge in [-0.05, 0) is 0 Å². The van der Waals surface area contributed by atoms with E-state index in [1.807, 2.05) is 0 Å². The van der Waals surface area contributed by atoms with Crippen LogP contribution in [0.25, 0.3) is 0 Å². The van der Waals surface area contributed by atoms with Gasteiger partial charge < -0.3 is 0 Å². The fraction of sp³-hybridized carbons (Fsp3) is 0. The summed E-state index contributed by atoms with van der Waals surface area (Å²) in [6.07, 6.45) is 0. The van der Waals surface area contributed by atoms with Gasteiger partial charge in [0.05, 0.1) is 0 Å². The quantitative estimate of drug-likeness (QED) is 0.762. The molecule has 12 heavy (non-hydrogen) atoms. The zero-order valence-electron chi connectivity index (χ0n) is 4.93. The molecule has 0 fully saturated rings. The average Bonchev–Trinajstić information content (AvgIpc) is 1.83. The number of rotatable bonds is 4. The summed E-state index contributed by atoms with van der Waals surface area (Å²) in [7, 11) is -12.5. The van der Waals surface area contributed by atoms with Crippen molar-refractivity contribution in [3.05, 3.63) is 0 Å². The molecule has 0 saturated heterocycles. The first kappa shape index (κ1) is 12.9. The zero-order valence-corrected chi connectivity index (χ0v) is 8.23. The molecule has 0 amide bonds. The summed E-state index contributed by atoms with van der Waals surface area (Å²) >= 11 is 8.69. The molecule has 0 bridgehead atoms. The molecule has 2 N–H and O–H groups in total. The molecule has 0 aromatic rings. The van der Waals surface area contributed by atoms with Crippen LogP contribution in [-0.4, -0.2) is 9.79 Å². The van der Waals surface area contributed by atoms with Crippen LogP contribution in [0.5, 0.6) is 0 Å². The predicted octanol–water partition coefficient (Wildman–Crippen LogP) is 2.50. The van der Waals surface area contributed by atoms with E-state index in [9.17, 15) is 13.0 Å². The summed E-state index contributed by atoms with van der Waals surface area (Å²) in [5, 5.41) is 0. The van der Waals surface area contributed by atoms with Crippen molar-refractivity contribution in [3.8, 4) is 0 Å². The molecular weight excluding hydrogens is 267 g/mol. The molecule has 0 heterocycles. The van der Waals surface area contributed by atoms with E-state index in [-0.39, 0.29) is 0 Å². The van der Waals surface area contributed by atoms with Crippen LogP contribution >= 0.6 is 39.5 Å². The molecule has 0 unspecified atom stereocenters. The molecule has 0 atom stereocenters. The summed E-state index contributed by atoms with van der Waals surface area (Å²) in [6, 6.07) is 0. The number of hydrogen-bond acceptors (Lipinski definition) is 6. The van der Waals surface area contributed by atoms with Crippen LogP contribution in [0, 0.1) is 0 Å². The molecule has 0 saturated carbocycles. The van der Waals surface area contributed by atoms with E-state index in [1.165, 1.54) is 0 Å². The van der Waals surface area contributed by atoms with E-state index in [1.54, 1.807) is 0 Å². The van der Waals surface area contributed by atoms with Crippen LogP contribution in [0.3, 0.4) is 0 Å². The van der Waals surface area contributed by atoms with Crippen molar-refractivity contribution in [2.24, 2.45) is 0 Å². The Morgan fingerprint density at radius 2 is 1.58 bits per heavy atom. The fourth-order valence-corrected chi connectivity index (χ4v) is 2.45. The van der Waals surface area contributed by atoms with Gasteiger partial charge in [0.25, 0.3) is 0 Å². The van der Waals surface area contributed by atoms with Crippen molar-refractivity contribution in [2.75, 3.05) is 0 Å². The summed E-state index contributed by atoms with van der Waals surface area (Å²) in [4.78, 5) is 15.5. The average molecular weight is 269 g/mol. The normalized spacial score (nSPS) is 17.0. The molecule has 0 rings (SSSR count). The van der Waals surface area contributed by atoms with Gasteiger partial charge in [0.2, 0.25) is 0 Å². The van der Waals surface area contributed by atoms with Crippen molar-refractivity contribution >= 4 is 39.5 Å². The van der Waals surface area contributed by atoms with E-state index in [0.29, 0.717) is 0 Å². The summed E-state index contributed by atoms with van der Waals surface area (Å²) in [5.41, 5.74) is 0. The van der Waals surface area contributed by atoms with Crippen molar-refractivity contribution < 1.29 is 35.2 Å². The molecule has 12 heteroatoms. The number of hydrogen-bond donors (Lipinski definition) is 2. The Morgan fingerprint density at radius 3 is 1.67 bits per heavy atom. The monoisotopic (exact) mass is 268 g/mol. The minimum atomic E-state index is -7.47. The van der Waals surface area contributed by atoms with Crippen LogP contribution < -0.4 is 0 Å². The second kappa shape index (κ2) is 3.57. The van der Waals surface area contributed by atoms with Crippen LogP contribution in [0.15, 0.2) is 0 Å². The molecule has 0 aliphatic carbocycles. The van der Waals surface area contributed by atoms with E-state index in [4.69, 9.17) is 9.79 Å². The van der Waals surface area contributed by atoms with Crippen molar-refractivity contribution in [3.63, 3.8) is 0 Å². The minimum absolute atomic E-state index is 2.87. The standard InChI is InChI=1S/Cl2F2H2O6P2/c1-8-11(5,9-2)10-12(3,4,6)7/h6-7H. The predicted molar refractivity (Wildman–Crippen MR) is 36.1 cm³/mol. The fourth-order valence-electron chi connectivity index (χ4n) is 0.201. The molecule has 0 aromatic carbocycles. The summed E-state index contributed by atoms with van der Waals surface area (Å²) < 4.78 is 43.5. The third-order valence-corrected chi connectivity index (χ3v) is 3.63. The van der Waals surface area contributed by atoms with Gasteiger partial charge in [-0.2, -0.15) is 0 Å². The van der Waals surface area contributed by atoms with Gasteiger partial charge in [0, 0.05) is 0 Å². The van der Waals surface area contributed by atoms with Crippen LogP contribution in [0.1, 0.15) is 0 Å². The van der Waals surface area contributed by atoms with E-state index >= 15 is 0 Å². The Labute approximate surface area is 75.3 Å². The maximum absolute atomic E-state index is 11.8. The van der Waals surface area contributed by atoms with Crippen LogP contribution in [0.2, 0.25) is 0 Å². The van der Waals surface area contributed by atoms with Gasteiger partial charge in [0.15, 0.2) is 0 Å². The molecule has 6 nitrogen and oxygen atoms in total. The van der Waals surface area contributed by atoms with Crippen LogP contribution in [0.4, 0.5) is 8.39 Å². The maximum atomic E-state index is 11.8. The van der Waals surface area contributed by atoms with E-state index in [2.05, 4.69) is 36.2 Å². The SMILES string of the molecule is O=P(OCl)(OCl)OP(O)(O)(F)F. The van der Waals surface area contributed by atoms with E-state index in [0.717, 1.165) is 0 Å². The first-order valence-electron chi connectivity index (χ1n) is 1.96. The van der Waals surface area contributed by atoms with Gasteiger partial charge in [-0.25, -0.2) is 0 Å². The van der Waals surface area contributed by atoms with Gasteiger partial charge in [-0.15, -0.1) is 0 Å². The van der Waals surface area contributed by atoms with Crippen molar-refractivity contribution in [2.45, 2.75) is 0 Å². The second-order valence-electron chi connectivity index (χ2n) is 1.42. The van der Waals surface area contributed by atoms with Gasteiger partial charge in [-0.3, -0.25) is 0 Å². The summed E-state index contributed by atoms with van der Waals surface area (Å²) in [6.45, 7) is 0. The first-order valence-corrected chi connectivity index (χ1v) is 5.88. The molecule has 0 aromatic heterocycles. The number of phosphoric acid groups is 1. The Morgan fingerprint density at radius 1 is 1.25 bits per heavy atom.